The molecule has 8 heteroatoms. The first-order valence-electron chi connectivity index (χ1n) is 7.35. The van der Waals surface area contributed by atoms with E-state index in [1.165, 1.54) is 23.1 Å². The monoisotopic (exact) mass is 347 g/mol. The Balaban J connectivity index is 2.01. The van der Waals surface area contributed by atoms with Crippen LogP contribution in [0.15, 0.2) is 30.3 Å². The zero-order chi connectivity index (χ0) is 18.2. The zero-order valence-corrected chi connectivity index (χ0v) is 13.1. The molecular weight excluding hydrogens is 335 g/mol. The van der Waals surface area contributed by atoms with Gasteiger partial charge in [-0.1, -0.05) is 0 Å². The molecule has 0 unspecified atom stereocenters. The van der Waals surface area contributed by atoms with Crippen LogP contribution in [0.1, 0.15) is 27.3 Å². The van der Waals surface area contributed by atoms with Crippen LogP contribution in [0.5, 0.6) is 5.75 Å². The van der Waals surface area contributed by atoms with Gasteiger partial charge in [-0.3, -0.25) is 4.79 Å². The second-order valence-corrected chi connectivity index (χ2v) is 5.43. The van der Waals surface area contributed by atoms with Crippen molar-refractivity contribution in [2.75, 3.05) is 18.1 Å². The predicted octanol–water partition coefficient (Wildman–Crippen LogP) is 3.32. The maximum atomic E-state index is 13.0. The van der Waals surface area contributed by atoms with Gasteiger partial charge in [-0.15, -0.1) is 0 Å². The summed E-state index contributed by atoms with van der Waals surface area (Å²) in [5, 5.41) is 8.93. The number of amides is 1. The number of benzene rings is 1. The first-order valence-corrected chi connectivity index (χ1v) is 7.35. The average molecular weight is 347 g/mol. The average Bonchev–Trinajstić information content (AvgIpc) is 2.59. The molecule has 128 valence electrons. The lowest BCUT2D eigenvalue weighted by molar-refractivity contribution is -0.137. The van der Waals surface area contributed by atoms with E-state index < -0.39 is 17.6 Å². The standard InChI is InChI=1S/C17H12F3N3O2/c1-10-11(9-21)2-4-13(22-10)16(24)23-6-7-25-15-5-3-12(8-14(15)23)17(18,19)20/h2-5,8H,6-7H2,1H3. The minimum Gasteiger partial charge on any atom is -0.490 e. The Morgan fingerprint density at radius 2 is 2.08 bits per heavy atom. The molecule has 5 nitrogen and oxygen atoms in total. The molecule has 1 aromatic heterocycles. The van der Waals surface area contributed by atoms with Crippen LogP contribution in [-0.2, 0) is 6.18 Å². The molecule has 1 aliphatic heterocycles. The number of nitriles is 1. The molecule has 0 radical (unpaired) electrons. The molecule has 1 aromatic carbocycles. The summed E-state index contributed by atoms with van der Waals surface area (Å²) in [5.41, 5.74) is -0.0423. The largest absolute Gasteiger partial charge is 0.490 e. The summed E-state index contributed by atoms with van der Waals surface area (Å²) >= 11 is 0. The quantitative estimate of drug-likeness (QED) is 0.794. The molecule has 0 saturated heterocycles. The van der Waals surface area contributed by atoms with Crippen molar-refractivity contribution in [1.29, 1.82) is 5.26 Å². The van der Waals surface area contributed by atoms with Crippen LogP contribution in [0, 0.1) is 18.3 Å². The molecule has 0 atom stereocenters. The molecule has 1 aliphatic rings. The summed E-state index contributed by atoms with van der Waals surface area (Å²) in [6.07, 6.45) is -4.52. The first kappa shape index (κ1) is 16.8. The molecule has 0 bridgehead atoms. The number of nitrogens with zero attached hydrogens (tertiary/aromatic N) is 3. The molecule has 2 aromatic rings. The maximum absolute atomic E-state index is 13.0. The number of halogens is 3. The Hall–Kier alpha value is -3.08. The summed E-state index contributed by atoms with van der Waals surface area (Å²) < 4.78 is 44.2. The minimum absolute atomic E-state index is 0.0508. The van der Waals surface area contributed by atoms with Crippen LogP contribution in [-0.4, -0.2) is 24.0 Å². The molecule has 0 saturated carbocycles. The lowest BCUT2D eigenvalue weighted by atomic mass is 10.1. The fourth-order valence-electron chi connectivity index (χ4n) is 2.54. The highest BCUT2D eigenvalue weighted by molar-refractivity contribution is 6.06. The Labute approximate surface area is 141 Å². The number of carbonyl (C=O) groups is 1. The Morgan fingerprint density at radius 1 is 1.32 bits per heavy atom. The second-order valence-electron chi connectivity index (χ2n) is 5.43. The van der Waals surface area contributed by atoms with Gasteiger partial charge in [-0.05, 0) is 37.3 Å². The van der Waals surface area contributed by atoms with Crippen molar-refractivity contribution < 1.29 is 22.7 Å². The molecule has 0 N–H and O–H groups in total. The van der Waals surface area contributed by atoms with Crippen molar-refractivity contribution in [2.45, 2.75) is 13.1 Å². The van der Waals surface area contributed by atoms with Crippen LogP contribution >= 0.6 is 0 Å². The number of fused-ring (bicyclic) bond motifs is 1. The molecule has 0 aliphatic carbocycles. The van der Waals surface area contributed by atoms with Crippen molar-refractivity contribution in [1.82, 2.24) is 4.98 Å². The van der Waals surface area contributed by atoms with E-state index in [-0.39, 0.29) is 30.3 Å². The van der Waals surface area contributed by atoms with Crippen molar-refractivity contribution in [3.63, 3.8) is 0 Å². The molecule has 25 heavy (non-hydrogen) atoms. The van der Waals surface area contributed by atoms with Gasteiger partial charge >= 0.3 is 6.18 Å². The number of hydrogen-bond acceptors (Lipinski definition) is 4. The number of aryl methyl sites for hydroxylation is 1. The predicted molar refractivity (Wildman–Crippen MR) is 82.3 cm³/mol. The van der Waals surface area contributed by atoms with Crippen LogP contribution in [0.4, 0.5) is 18.9 Å². The highest BCUT2D eigenvalue weighted by atomic mass is 19.4. The third-order valence-electron chi connectivity index (χ3n) is 3.82. The van der Waals surface area contributed by atoms with Gasteiger partial charge in [-0.25, -0.2) is 4.98 Å². The molecule has 2 heterocycles. The lowest BCUT2D eigenvalue weighted by Gasteiger charge is -2.30. The maximum Gasteiger partial charge on any atom is 0.416 e. The van der Waals surface area contributed by atoms with Gasteiger partial charge in [-0.2, -0.15) is 18.4 Å². The normalized spacial score (nSPS) is 13.6. The Morgan fingerprint density at radius 3 is 2.72 bits per heavy atom. The van der Waals surface area contributed by atoms with Gasteiger partial charge in [0.05, 0.1) is 29.1 Å². The Bertz CT molecular complexity index is 888. The smallest absolute Gasteiger partial charge is 0.416 e. The number of pyridine rings is 1. The summed E-state index contributed by atoms with van der Waals surface area (Å²) in [4.78, 5) is 18.0. The van der Waals surface area contributed by atoms with E-state index in [4.69, 9.17) is 10.00 Å². The molecule has 1 amide bonds. The van der Waals surface area contributed by atoms with E-state index in [1.54, 1.807) is 6.92 Å². The van der Waals surface area contributed by atoms with E-state index >= 15 is 0 Å². The van der Waals surface area contributed by atoms with Crippen LogP contribution in [0.3, 0.4) is 0 Å². The summed E-state index contributed by atoms with van der Waals surface area (Å²) in [5.74, 6) is -0.338. The van der Waals surface area contributed by atoms with Crippen molar-refractivity contribution in [3.05, 3.63) is 52.8 Å². The van der Waals surface area contributed by atoms with E-state index in [9.17, 15) is 18.0 Å². The summed E-state index contributed by atoms with van der Waals surface area (Å²) in [7, 11) is 0. The fourth-order valence-corrected chi connectivity index (χ4v) is 2.54. The molecule has 0 spiro atoms. The zero-order valence-electron chi connectivity index (χ0n) is 13.1. The van der Waals surface area contributed by atoms with Gasteiger partial charge in [0.15, 0.2) is 0 Å². The summed E-state index contributed by atoms with van der Waals surface area (Å²) in [6.45, 7) is 1.86. The van der Waals surface area contributed by atoms with E-state index in [0.29, 0.717) is 11.3 Å². The Kier molecular flexibility index (Phi) is 4.08. The van der Waals surface area contributed by atoms with Gasteiger partial charge in [0, 0.05) is 0 Å². The van der Waals surface area contributed by atoms with Crippen LogP contribution < -0.4 is 9.64 Å². The number of carbonyl (C=O) groups excluding carboxylic acids is 1. The van der Waals surface area contributed by atoms with Gasteiger partial charge in [0.1, 0.15) is 24.1 Å². The topological polar surface area (TPSA) is 66.2 Å². The highest BCUT2D eigenvalue weighted by Gasteiger charge is 2.34. The van der Waals surface area contributed by atoms with Gasteiger partial charge in [0.2, 0.25) is 0 Å². The number of anilines is 1. The number of alkyl halides is 3. The van der Waals surface area contributed by atoms with Crippen molar-refractivity contribution >= 4 is 11.6 Å². The van der Waals surface area contributed by atoms with E-state index in [0.717, 1.165) is 12.1 Å². The van der Waals surface area contributed by atoms with Crippen LogP contribution in [0.2, 0.25) is 0 Å². The number of rotatable bonds is 1. The van der Waals surface area contributed by atoms with Crippen molar-refractivity contribution in [3.8, 4) is 11.8 Å². The number of ether oxygens (including phenoxy) is 1. The van der Waals surface area contributed by atoms with Gasteiger partial charge < -0.3 is 9.64 Å². The SMILES string of the molecule is Cc1nc(C(=O)N2CCOc3ccc(C(F)(F)F)cc32)ccc1C#N. The van der Waals surface area contributed by atoms with E-state index in [1.807, 2.05) is 6.07 Å². The third kappa shape index (κ3) is 3.13. The molecule has 3 rings (SSSR count). The molecular formula is C17H12F3N3O2. The fraction of sp³-hybridized carbons (Fsp3) is 0.235. The van der Waals surface area contributed by atoms with Gasteiger partial charge in [0.25, 0.3) is 5.91 Å². The summed E-state index contributed by atoms with van der Waals surface area (Å²) in [6, 6.07) is 7.80. The second kappa shape index (κ2) is 6.09. The first-order chi connectivity index (χ1) is 11.8. The number of aromatic nitrogens is 1. The van der Waals surface area contributed by atoms with Crippen molar-refractivity contribution in [2.24, 2.45) is 0 Å². The minimum atomic E-state index is -4.52. The lowest BCUT2D eigenvalue weighted by Crippen LogP contribution is -2.38. The van der Waals surface area contributed by atoms with E-state index in [2.05, 4.69) is 4.98 Å². The third-order valence-corrected chi connectivity index (χ3v) is 3.82. The molecule has 0 fully saturated rings. The highest BCUT2D eigenvalue weighted by Crippen LogP contribution is 2.38. The number of hydrogen-bond donors (Lipinski definition) is 0. The van der Waals surface area contributed by atoms with Crippen LogP contribution in [0.25, 0.3) is 0 Å².